The van der Waals surface area contributed by atoms with Crippen molar-refractivity contribution in [2.24, 2.45) is 5.92 Å². The number of sulfone groups is 1. The average Bonchev–Trinajstić information content (AvgIpc) is 2.58. The Bertz CT molecular complexity index is 800. The van der Waals surface area contributed by atoms with E-state index < -0.39 is 34.1 Å². The predicted octanol–water partition coefficient (Wildman–Crippen LogP) is 2.89. The Kier molecular flexibility index (Phi) is 8.78. The van der Waals surface area contributed by atoms with Gasteiger partial charge >= 0.3 is 5.97 Å². The van der Waals surface area contributed by atoms with Gasteiger partial charge in [-0.3, -0.25) is 9.59 Å². The van der Waals surface area contributed by atoms with Crippen LogP contribution in [0.3, 0.4) is 0 Å². The van der Waals surface area contributed by atoms with Crippen molar-refractivity contribution in [2.75, 3.05) is 0 Å². The summed E-state index contributed by atoms with van der Waals surface area (Å²) in [7, 11) is -3.87. The molecule has 6 nitrogen and oxygen atoms in total. The molecule has 0 aliphatic heterocycles. The zero-order chi connectivity index (χ0) is 20.6. The molecule has 2 atom stereocenters. The zero-order valence-corrected chi connectivity index (χ0v) is 16.2. The van der Waals surface area contributed by atoms with Crippen molar-refractivity contribution in [3.8, 4) is 0 Å². The molecule has 2 unspecified atom stereocenters. The normalized spacial score (nSPS) is 14.2. The zero-order valence-electron chi connectivity index (χ0n) is 15.4. The molecule has 0 fully saturated rings. The number of ketones is 1. The first-order valence-corrected chi connectivity index (χ1v) is 10.2. The van der Waals surface area contributed by atoms with Gasteiger partial charge in [0.15, 0.2) is 15.6 Å². The molecule has 1 rings (SSSR count). The summed E-state index contributed by atoms with van der Waals surface area (Å²) in [5.41, 5.74) is -0.0916. The van der Waals surface area contributed by atoms with Crippen LogP contribution in [0.15, 0.2) is 34.6 Å². The van der Waals surface area contributed by atoms with Crippen LogP contribution >= 0.6 is 0 Å². The summed E-state index contributed by atoms with van der Waals surface area (Å²) in [5.74, 6) is -2.66. The quantitative estimate of drug-likeness (QED) is 0.591. The number of Topliss-reactive ketones (excluding diaryl/α,β-unsaturated/α-hetero) is 1. The Morgan fingerprint density at radius 1 is 1.26 bits per heavy atom. The number of carbonyl (C=O) groups is 2. The monoisotopic (exact) mass is 400 g/mol. The summed E-state index contributed by atoms with van der Waals surface area (Å²) in [6, 6.07) is 3.11. The lowest BCUT2D eigenvalue weighted by Gasteiger charge is -2.19. The number of carbonyl (C=O) groups excluding carboxylic acids is 1. The third kappa shape index (κ3) is 7.22. The molecule has 0 aliphatic rings. The highest BCUT2D eigenvalue weighted by Crippen LogP contribution is 2.21. The van der Waals surface area contributed by atoms with Crippen molar-refractivity contribution in [3.05, 3.63) is 41.1 Å². The molecule has 2 N–H and O–H groups in total. The fourth-order valence-electron chi connectivity index (χ4n) is 2.76. The number of carboxylic acids is 1. The highest BCUT2D eigenvalue weighted by atomic mass is 32.2. The number of aliphatic hydroxyl groups is 1. The van der Waals surface area contributed by atoms with E-state index in [9.17, 15) is 27.5 Å². The molecule has 0 spiro atoms. The van der Waals surface area contributed by atoms with E-state index in [-0.39, 0.29) is 22.2 Å². The third-order valence-corrected chi connectivity index (χ3v) is 5.66. The fraction of sp³-hybridized carbons (Fsp3) is 0.474. The fourth-order valence-corrected chi connectivity index (χ4v) is 3.83. The van der Waals surface area contributed by atoms with Crippen LogP contribution in [0.4, 0.5) is 4.39 Å². The number of rotatable bonds is 11. The van der Waals surface area contributed by atoms with Gasteiger partial charge in [0.2, 0.25) is 0 Å². The summed E-state index contributed by atoms with van der Waals surface area (Å²) in [5, 5.41) is 19.5. The summed E-state index contributed by atoms with van der Waals surface area (Å²) in [4.78, 5) is 21.7. The minimum Gasteiger partial charge on any atom is -0.481 e. The van der Waals surface area contributed by atoms with E-state index in [4.69, 9.17) is 5.11 Å². The van der Waals surface area contributed by atoms with Gasteiger partial charge in [0.1, 0.15) is 11.9 Å². The maximum atomic E-state index is 13.9. The summed E-state index contributed by atoms with van der Waals surface area (Å²) >= 11 is 0. The molecule has 150 valence electrons. The van der Waals surface area contributed by atoms with Gasteiger partial charge < -0.3 is 10.2 Å². The van der Waals surface area contributed by atoms with Crippen LogP contribution in [-0.4, -0.2) is 36.5 Å². The number of benzene rings is 1. The van der Waals surface area contributed by atoms with Crippen molar-refractivity contribution in [1.82, 2.24) is 0 Å². The van der Waals surface area contributed by atoms with Gasteiger partial charge in [-0.2, -0.15) is 0 Å². The molecule has 0 saturated carbocycles. The largest absolute Gasteiger partial charge is 0.481 e. The Hall–Kier alpha value is -2.06. The number of carboxylic acid groups (broad SMARTS) is 1. The van der Waals surface area contributed by atoms with Crippen LogP contribution in [-0.2, 0) is 25.8 Å². The van der Waals surface area contributed by atoms with E-state index in [2.05, 4.69) is 0 Å². The molecule has 0 saturated heterocycles. The second-order valence-electron chi connectivity index (χ2n) is 6.42. The Labute approximate surface area is 158 Å². The molecular formula is C19H25FO6S. The molecule has 27 heavy (non-hydrogen) atoms. The molecule has 0 aliphatic carbocycles. The van der Waals surface area contributed by atoms with Crippen LogP contribution in [0.25, 0.3) is 0 Å². The second kappa shape index (κ2) is 10.3. The minimum absolute atomic E-state index is 0.0916. The van der Waals surface area contributed by atoms with Crippen molar-refractivity contribution < 1.29 is 32.6 Å². The number of hydrogen-bond acceptors (Lipinski definition) is 5. The lowest BCUT2D eigenvalue weighted by atomic mass is 9.90. The van der Waals surface area contributed by atoms with E-state index >= 15 is 0 Å². The van der Waals surface area contributed by atoms with Gasteiger partial charge in [-0.15, -0.1) is 0 Å². The first-order chi connectivity index (χ1) is 12.6. The van der Waals surface area contributed by atoms with E-state index in [1.165, 1.54) is 19.1 Å². The van der Waals surface area contributed by atoms with Gasteiger partial charge in [0.25, 0.3) is 0 Å². The number of aliphatic carboxylic acids is 1. The standard InChI is InChI=1S/C19H25FO6S/c1-3-6-14(19(24)13(2)21)7-4-5-10-27(25,26)16-9-8-15(11-18(22)23)17(20)12-16/h5,8-10,12,14,19,24H,3-4,6-7,11H2,1-2H3,(H,22,23). The predicted molar refractivity (Wildman–Crippen MR) is 98.4 cm³/mol. The minimum atomic E-state index is -3.87. The molecule has 0 amide bonds. The molecule has 0 heterocycles. The molecule has 0 bridgehead atoms. The maximum Gasteiger partial charge on any atom is 0.307 e. The molecule has 0 aromatic heterocycles. The molecule has 0 radical (unpaired) electrons. The van der Waals surface area contributed by atoms with Crippen LogP contribution in [0, 0.1) is 11.7 Å². The van der Waals surface area contributed by atoms with Gasteiger partial charge in [-0.05, 0) is 49.8 Å². The first kappa shape index (κ1) is 23.0. The molecule has 8 heteroatoms. The topological polar surface area (TPSA) is 109 Å². The smallest absolute Gasteiger partial charge is 0.307 e. The third-order valence-electron chi connectivity index (χ3n) is 4.20. The SMILES string of the molecule is CCCC(CCC=CS(=O)(=O)c1ccc(CC(=O)O)c(F)c1)C(O)C(C)=O. The molecular weight excluding hydrogens is 375 g/mol. The van der Waals surface area contributed by atoms with E-state index in [1.807, 2.05) is 6.92 Å². The van der Waals surface area contributed by atoms with E-state index in [0.717, 1.165) is 24.0 Å². The number of allylic oxidation sites excluding steroid dienone is 1. The van der Waals surface area contributed by atoms with Gasteiger partial charge in [0, 0.05) is 5.41 Å². The van der Waals surface area contributed by atoms with Crippen LogP contribution < -0.4 is 0 Å². The first-order valence-electron chi connectivity index (χ1n) is 8.68. The Morgan fingerprint density at radius 2 is 1.93 bits per heavy atom. The molecule has 1 aromatic carbocycles. The van der Waals surface area contributed by atoms with Gasteiger partial charge in [-0.25, -0.2) is 12.8 Å². The van der Waals surface area contributed by atoms with E-state index in [0.29, 0.717) is 19.3 Å². The second-order valence-corrected chi connectivity index (χ2v) is 8.26. The highest BCUT2D eigenvalue weighted by molar-refractivity contribution is 7.94. The van der Waals surface area contributed by atoms with Crippen LogP contribution in [0.2, 0.25) is 0 Å². The summed E-state index contributed by atoms with van der Waals surface area (Å²) in [6.07, 6.45) is 2.05. The highest BCUT2D eigenvalue weighted by Gasteiger charge is 2.21. The average molecular weight is 400 g/mol. The van der Waals surface area contributed by atoms with Crippen molar-refractivity contribution in [3.63, 3.8) is 0 Å². The number of hydrogen-bond donors (Lipinski definition) is 2. The van der Waals surface area contributed by atoms with Crippen molar-refractivity contribution in [2.45, 2.75) is 57.0 Å². The van der Waals surface area contributed by atoms with E-state index in [1.54, 1.807) is 0 Å². The summed E-state index contributed by atoms with van der Waals surface area (Å²) < 4.78 is 38.4. The van der Waals surface area contributed by atoms with Gasteiger partial charge in [-0.1, -0.05) is 25.5 Å². The Balaban J connectivity index is 2.80. The van der Waals surface area contributed by atoms with Crippen LogP contribution in [0.1, 0.15) is 45.1 Å². The maximum absolute atomic E-state index is 13.9. The Morgan fingerprint density at radius 3 is 2.44 bits per heavy atom. The lowest BCUT2D eigenvalue weighted by molar-refractivity contribution is -0.136. The lowest BCUT2D eigenvalue weighted by Crippen LogP contribution is -2.27. The number of aliphatic hydroxyl groups excluding tert-OH is 1. The van der Waals surface area contributed by atoms with Crippen molar-refractivity contribution >= 4 is 21.6 Å². The molecule has 1 aromatic rings. The summed E-state index contributed by atoms with van der Waals surface area (Å²) in [6.45, 7) is 3.25. The van der Waals surface area contributed by atoms with Crippen molar-refractivity contribution in [1.29, 1.82) is 0 Å². The van der Waals surface area contributed by atoms with Crippen LogP contribution in [0.5, 0.6) is 0 Å². The van der Waals surface area contributed by atoms with Gasteiger partial charge in [0.05, 0.1) is 11.3 Å². The number of halogens is 1.